The average molecular weight is 325 g/mol. The second-order valence-electron chi connectivity index (χ2n) is 5.88. The fourth-order valence-corrected chi connectivity index (χ4v) is 2.51. The minimum atomic E-state index is 0.525. The molecule has 0 aliphatic carbocycles. The second-order valence-corrected chi connectivity index (χ2v) is 5.88. The molecule has 0 bridgehead atoms. The van der Waals surface area contributed by atoms with Gasteiger partial charge < -0.3 is 4.74 Å². The minimum Gasteiger partial charge on any atom is -0.489 e. The van der Waals surface area contributed by atoms with E-state index < -0.39 is 0 Å². The van der Waals surface area contributed by atoms with Gasteiger partial charge in [-0.1, -0.05) is 72.3 Å². The predicted octanol–water partition coefficient (Wildman–Crippen LogP) is 5.64. The molecule has 2 nitrogen and oxygen atoms in total. The fraction of sp³-hybridized carbons (Fsp3) is 0.0870. The third kappa shape index (κ3) is 4.59. The van der Waals surface area contributed by atoms with Crippen molar-refractivity contribution in [1.82, 2.24) is 0 Å². The highest BCUT2D eigenvalue weighted by Gasteiger charge is 2.02. The summed E-state index contributed by atoms with van der Waals surface area (Å²) in [4.78, 5) is 0. The SMILES string of the molecule is Cc1ccc(COc2cccc(/C=C(/C#N)c3ccccc3)c2)cc1. The number of benzene rings is 3. The number of ether oxygens (including phenoxy) is 1. The highest BCUT2D eigenvalue weighted by atomic mass is 16.5. The number of nitrogens with zero attached hydrogens (tertiary/aromatic N) is 1. The van der Waals surface area contributed by atoms with Crippen molar-refractivity contribution in [2.45, 2.75) is 13.5 Å². The second kappa shape index (κ2) is 7.99. The molecule has 25 heavy (non-hydrogen) atoms. The van der Waals surface area contributed by atoms with Crippen molar-refractivity contribution in [3.05, 3.63) is 101 Å². The highest BCUT2D eigenvalue weighted by molar-refractivity contribution is 5.89. The van der Waals surface area contributed by atoms with Crippen LogP contribution in [0.15, 0.2) is 78.9 Å². The lowest BCUT2D eigenvalue weighted by atomic mass is 10.0. The Morgan fingerprint density at radius 3 is 2.44 bits per heavy atom. The molecule has 0 atom stereocenters. The van der Waals surface area contributed by atoms with E-state index in [1.165, 1.54) is 5.56 Å². The molecular formula is C23H19NO. The van der Waals surface area contributed by atoms with Crippen molar-refractivity contribution in [3.8, 4) is 11.8 Å². The van der Waals surface area contributed by atoms with Crippen molar-refractivity contribution in [1.29, 1.82) is 5.26 Å². The van der Waals surface area contributed by atoms with E-state index in [1.54, 1.807) is 0 Å². The number of hydrogen-bond acceptors (Lipinski definition) is 2. The van der Waals surface area contributed by atoms with Gasteiger partial charge in [-0.15, -0.1) is 0 Å². The zero-order chi connectivity index (χ0) is 17.5. The van der Waals surface area contributed by atoms with E-state index in [0.29, 0.717) is 12.2 Å². The van der Waals surface area contributed by atoms with Gasteiger partial charge in [0.1, 0.15) is 12.4 Å². The molecule has 122 valence electrons. The molecule has 0 aliphatic heterocycles. The van der Waals surface area contributed by atoms with E-state index in [4.69, 9.17) is 4.74 Å². The Morgan fingerprint density at radius 1 is 0.960 bits per heavy atom. The summed E-state index contributed by atoms with van der Waals surface area (Å²) >= 11 is 0. The Hall–Kier alpha value is -3.31. The van der Waals surface area contributed by atoms with E-state index in [9.17, 15) is 5.26 Å². The summed E-state index contributed by atoms with van der Waals surface area (Å²) in [5.41, 5.74) is 4.86. The van der Waals surface area contributed by atoms with Crippen LogP contribution in [0.25, 0.3) is 11.6 Å². The normalized spacial score (nSPS) is 11.0. The smallest absolute Gasteiger partial charge is 0.120 e. The van der Waals surface area contributed by atoms with Gasteiger partial charge in [0.05, 0.1) is 11.6 Å². The van der Waals surface area contributed by atoms with Crippen molar-refractivity contribution in [2.24, 2.45) is 0 Å². The molecule has 0 heterocycles. The van der Waals surface area contributed by atoms with E-state index >= 15 is 0 Å². The molecule has 0 unspecified atom stereocenters. The van der Waals surface area contributed by atoms with E-state index in [-0.39, 0.29) is 0 Å². The molecular weight excluding hydrogens is 306 g/mol. The molecule has 0 fully saturated rings. The molecule has 0 saturated heterocycles. The van der Waals surface area contributed by atoms with Crippen LogP contribution in [-0.4, -0.2) is 0 Å². The number of allylic oxidation sites excluding steroid dienone is 1. The lowest BCUT2D eigenvalue weighted by Gasteiger charge is -2.08. The third-order valence-corrected chi connectivity index (χ3v) is 3.90. The van der Waals surface area contributed by atoms with Crippen molar-refractivity contribution in [3.63, 3.8) is 0 Å². The molecule has 0 amide bonds. The summed E-state index contributed by atoms with van der Waals surface area (Å²) in [6.07, 6.45) is 1.88. The molecule has 0 aromatic heterocycles. The van der Waals surface area contributed by atoms with Gasteiger partial charge in [-0.2, -0.15) is 5.26 Å². The van der Waals surface area contributed by atoms with E-state index in [0.717, 1.165) is 22.4 Å². The molecule has 0 aliphatic rings. The minimum absolute atomic E-state index is 0.525. The van der Waals surface area contributed by atoms with Gasteiger partial charge in [0.25, 0.3) is 0 Å². The Morgan fingerprint density at radius 2 is 1.72 bits per heavy atom. The first-order valence-corrected chi connectivity index (χ1v) is 8.20. The fourth-order valence-electron chi connectivity index (χ4n) is 2.51. The van der Waals surface area contributed by atoms with Gasteiger partial charge in [-0.05, 0) is 41.8 Å². The van der Waals surface area contributed by atoms with Crippen LogP contribution < -0.4 is 4.74 Å². The van der Waals surface area contributed by atoms with E-state index in [2.05, 4.69) is 37.3 Å². The summed E-state index contributed by atoms with van der Waals surface area (Å²) in [5, 5.41) is 9.43. The number of hydrogen-bond donors (Lipinski definition) is 0. The van der Waals surface area contributed by atoms with Gasteiger partial charge in [0.15, 0.2) is 0 Å². The molecule has 3 rings (SSSR count). The molecule has 2 heteroatoms. The van der Waals surface area contributed by atoms with Crippen LogP contribution in [0.4, 0.5) is 0 Å². The van der Waals surface area contributed by atoms with Crippen molar-refractivity contribution < 1.29 is 4.74 Å². The third-order valence-electron chi connectivity index (χ3n) is 3.90. The number of rotatable bonds is 5. The monoisotopic (exact) mass is 325 g/mol. The van der Waals surface area contributed by atoms with Crippen LogP contribution in [0.1, 0.15) is 22.3 Å². The van der Waals surface area contributed by atoms with Crippen LogP contribution in [-0.2, 0) is 6.61 Å². The van der Waals surface area contributed by atoms with Crippen LogP contribution in [0.3, 0.4) is 0 Å². The van der Waals surface area contributed by atoms with Crippen LogP contribution in [0.5, 0.6) is 5.75 Å². The number of aryl methyl sites for hydroxylation is 1. The Kier molecular flexibility index (Phi) is 5.29. The Labute approximate surface area is 148 Å². The Balaban J connectivity index is 1.76. The Bertz CT molecular complexity index is 903. The average Bonchev–Trinajstić information content (AvgIpc) is 2.67. The topological polar surface area (TPSA) is 33.0 Å². The van der Waals surface area contributed by atoms with Crippen molar-refractivity contribution >= 4 is 11.6 Å². The largest absolute Gasteiger partial charge is 0.489 e. The molecule has 3 aromatic carbocycles. The maximum absolute atomic E-state index is 9.43. The lowest BCUT2D eigenvalue weighted by molar-refractivity contribution is 0.306. The van der Waals surface area contributed by atoms with Crippen molar-refractivity contribution in [2.75, 3.05) is 0 Å². The van der Waals surface area contributed by atoms with Crippen LogP contribution in [0, 0.1) is 18.3 Å². The standard InChI is InChI=1S/C23H19NO/c1-18-10-12-19(13-11-18)17-25-23-9-5-6-20(15-23)14-22(16-24)21-7-3-2-4-8-21/h2-15H,17H2,1H3/b22-14-. The summed E-state index contributed by atoms with van der Waals surface area (Å²) in [5.74, 6) is 0.791. The first kappa shape index (κ1) is 16.5. The van der Waals surface area contributed by atoms with Gasteiger partial charge >= 0.3 is 0 Å². The highest BCUT2D eigenvalue weighted by Crippen LogP contribution is 2.21. The van der Waals surface area contributed by atoms with Crippen LogP contribution >= 0.6 is 0 Å². The van der Waals surface area contributed by atoms with Gasteiger partial charge in [-0.25, -0.2) is 0 Å². The molecule has 3 aromatic rings. The molecule has 0 N–H and O–H groups in total. The maximum Gasteiger partial charge on any atom is 0.120 e. The molecule has 0 radical (unpaired) electrons. The van der Waals surface area contributed by atoms with Gasteiger partial charge in [-0.3, -0.25) is 0 Å². The predicted molar refractivity (Wildman–Crippen MR) is 102 cm³/mol. The first-order chi connectivity index (χ1) is 12.2. The summed E-state index contributed by atoms with van der Waals surface area (Å²) in [7, 11) is 0. The zero-order valence-corrected chi connectivity index (χ0v) is 14.1. The molecule has 0 saturated carbocycles. The quantitative estimate of drug-likeness (QED) is 0.449. The van der Waals surface area contributed by atoms with E-state index in [1.807, 2.05) is 60.7 Å². The molecule has 0 spiro atoms. The maximum atomic E-state index is 9.43. The zero-order valence-electron chi connectivity index (χ0n) is 14.1. The lowest BCUT2D eigenvalue weighted by Crippen LogP contribution is -1.95. The first-order valence-electron chi connectivity index (χ1n) is 8.20. The van der Waals surface area contributed by atoms with Crippen LogP contribution in [0.2, 0.25) is 0 Å². The van der Waals surface area contributed by atoms with Gasteiger partial charge in [0, 0.05) is 0 Å². The number of nitriles is 1. The summed E-state index contributed by atoms with van der Waals surface area (Å²) in [6, 6.07) is 28.1. The van der Waals surface area contributed by atoms with Gasteiger partial charge in [0.2, 0.25) is 0 Å². The summed E-state index contributed by atoms with van der Waals surface area (Å²) < 4.78 is 5.88. The summed E-state index contributed by atoms with van der Waals surface area (Å²) in [6.45, 7) is 2.59.